The zero-order valence-corrected chi connectivity index (χ0v) is 16.7. The molecule has 2 aromatic carbocycles. The molecule has 0 radical (unpaired) electrons. The van der Waals surface area contributed by atoms with E-state index in [0.717, 1.165) is 43.5 Å². The minimum absolute atomic E-state index is 0.0173. The Morgan fingerprint density at radius 2 is 1.97 bits per heavy atom. The third kappa shape index (κ3) is 4.16. The number of fused-ring (bicyclic) bond motifs is 1. The normalized spacial score (nSPS) is 15.6. The molecule has 0 aliphatic carbocycles. The summed E-state index contributed by atoms with van der Waals surface area (Å²) in [5, 5.41) is 13.2. The first-order chi connectivity index (χ1) is 14.0. The van der Waals surface area contributed by atoms with Crippen LogP contribution in [0.5, 0.6) is 5.75 Å². The smallest absolute Gasteiger partial charge is 0.326 e. The molecule has 1 fully saturated rings. The number of likely N-dealkylation sites (tertiary alicyclic amines) is 1. The van der Waals surface area contributed by atoms with Crippen LogP contribution in [0.1, 0.15) is 29.2 Å². The van der Waals surface area contributed by atoms with Gasteiger partial charge in [0.25, 0.3) is 5.91 Å². The van der Waals surface area contributed by atoms with Gasteiger partial charge in [0.15, 0.2) is 0 Å². The minimum atomic E-state index is -0.276. The van der Waals surface area contributed by atoms with E-state index in [9.17, 15) is 14.7 Å². The average molecular weight is 415 g/mol. The van der Waals surface area contributed by atoms with E-state index in [4.69, 9.17) is 11.6 Å². The molecule has 152 valence electrons. The predicted molar refractivity (Wildman–Crippen MR) is 113 cm³/mol. The van der Waals surface area contributed by atoms with Gasteiger partial charge in [0.1, 0.15) is 5.75 Å². The summed E-state index contributed by atoms with van der Waals surface area (Å²) in [6, 6.07) is 12.1. The molecule has 4 rings (SSSR count). The number of piperidine rings is 1. The van der Waals surface area contributed by atoms with E-state index in [1.54, 1.807) is 30.3 Å². The molecule has 1 aliphatic rings. The summed E-state index contributed by atoms with van der Waals surface area (Å²) in [7, 11) is 0. The number of aromatic nitrogens is 2. The van der Waals surface area contributed by atoms with Crippen LogP contribution in [0.4, 0.5) is 0 Å². The van der Waals surface area contributed by atoms with Crippen molar-refractivity contribution >= 4 is 28.5 Å². The Kier molecular flexibility index (Phi) is 5.60. The largest absolute Gasteiger partial charge is 0.507 e. The van der Waals surface area contributed by atoms with Gasteiger partial charge in [-0.1, -0.05) is 23.7 Å². The maximum Gasteiger partial charge on any atom is 0.326 e. The number of aromatic hydroxyl groups is 1. The topological polar surface area (TPSA) is 90.4 Å². The van der Waals surface area contributed by atoms with E-state index < -0.39 is 0 Å². The van der Waals surface area contributed by atoms with Crippen molar-refractivity contribution in [2.45, 2.75) is 18.9 Å². The maximum atomic E-state index is 12.4. The summed E-state index contributed by atoms with van der Waals surface area (Å²) in [5.41, 5.74) is 1.82. The number of benzene rings is 2. The number of halogens is 1. The number of carbonyl (C=O) groups is 1. The highest BCUT2D eigenvalue weighted by Crippen LogP contribution is 2.26. The lowest BCUT2D eigenvalue weighted by Gasteiger charge is -2.32. The van der Waals surface area contributed by atoms with Crippen LogP contribution in [0.25, 0.3) is 11.0 Å². The molecule has 3 aromatic rings. The zero-order chi connectivity index (χ0) is 20.4. The number of nitrogens with one attached hydrogen (secondary N) is 2. The van der Waals surface area contributed by atoms with Crippen LogP contribution < -0.4 is 11.0 Å². The van der Waals surface area contributed by atoms with Crippen molar-refractivity contribution in [3.8, 4) is 5.75 Å². The Bertz CT molecular complexity index is 1080. The summed E-state index contributed by atoms with van der Waals surface area (Å²) in [4.78, 5) is 29.7. The number of hydrogen-bond donors (Lipinski definition) is 3. The second kappa shape index (κ2) is 8.31. The molecule has 1 amide bonds. The number of rotatable bonds is 5. The van der Waals surface area contributed by atoms with E-state index in [1.165, 1.54) is 6.07 Å². The van der Waals surface area contributed by atoms with Crippen LogP contribution in [-0.4, -0.2) is 51.6 Å². The van der Waals surface area contributed by atoms with Crippen LogP contribution >= 0.6 is 11.6 Å². The van der Waals surface area contributed by atoms with Crippen LogP contribution in [-0.2, 0) is 0 Å². The predicted octanol–water partition coefficient (Wildman–Crippen LogP) is 2.76. The monoisotopic (exact) mass is 414 g/mol. The Morgan fingerprint density at radius 1 is 1.21 bits per heavy atom. The lowest BCUT2D eigenvalue weighted by molar-refractivity contribution is 0.0941. The molecule has 1 aromatic heterocycles. The van der Waals surface area contributed by atoms with Crippen molar-refractivity contribution in [2.75, 3.05) is 26.2 Å². The zero-order valence-electron chi connectivity index (χ0n) is 15.9. The number of para-hydroxylation sites is 1. The Labute approximate surface area is 172 Å². The van der Waals surface area contributed by atoms with Gasteiger partial charge in [-0.2, -0.15) is 0 Å². The molecule has 0 spiro atoms. The van der Waals surface area contributed by atoms with Gasteiger partial charge >= 0.3 is 5.69 Å². The average Bonchev–Trinajstić information content (AvgIpc) is 3.03. The lowest BCUT2D eigenvalue weighted by atomic mass is 10.0. The fourth-order valence-corrected chi connectivity index (χ4v) is 4.13. The number of H-pyrrole nitrogens is 1. The molecular weight excluding hydrogens is 392 g/mol. The van der Waals surface area contributed by atoms with E-state index in [0.29, 0.717) is 11.6 Å². The van der Waals surface area contributed by atoms with Crippen LogP contribution in [0.2, 0.25) is 5.02 Å². The first kappa shape index (κ1) is 19.5. The highest BCUT2D eigenvalue weighted by molar-refractivity contribution is 6.31. The van der Waals surface area contributed by atoms with E-state index >= 15 is 0 Å². The van der Waals surface area contributed by atoms with Crippen LogP contribution in [0.15, 0.2) is 47.3 Å². The van der Waals surface area contributed by atoms with Crippen molar-refractivity contribution in [1.29, 1.82) is 0 Å². The van der Waals surface area contributed by atoms with E-state index in [2.05, 4.69) is 15.2 Å². The molecule has 3 N–H and O–H groups in total. The molecule has 1 saturated heterocycles. The highest BCUT2D eigenvalue weighted by atomic mass is 35.5. The van der Waals surface area contributed by atoms with Crippen molar-refractivity contribution in [1.82, 2.24) is 19.8 Å². The second-order valence-corrected chi connectivity index (χ2v) is 7.74. The molecule has 29 heavy (non-hydrogen) atoms. The van der Waals surface area contributed by atoms with Crippen LogP contribution in [0, 0.1) is 0 Å². The first-order valence-corrected chi connectivity index (χ1v) is 10.1. The third-order valence-electron chi connectivity index (χ3n) is 5.46. The number of hydrogen-bond acceptors (Lipinski definition) is 4. The Balaban J connectivity index is 1.31. The lowest BCUT2D eigenvalue weighted by Crippen LogP contribution is -2.41. The van der Waals surface area contributed by atoms with Crippen LogP contribution in [0.3, 0.4) is 0 Å². The van der Waals surface area contributed by atoms with Gasteiger partial charge < -0.3 is 20.3 Å². The fourth-order valence-electron chi connectivity index (χ4n) is 3.96. The second-order valence-electron chi connectivity index (χ2n) is 7.31. The molecule has 0 saturated carbocycles. The van der Waals surface area contributed by atoms with E-state index in [1.807, 2.05) is 10.6 Å². The minimum Gasteiger partial charge on any atom is -0.507 e. The fraction of sp³-hybridized carbons (Fsp3) is 0.333. The standard InChI is InChI=1S/C21H23ClN4O3/c22-14-5-6-18-17(13-14)24-21(29)26(18)15-7-10-25(11-8-15)12-9-23-20(28)16-3-1-2-4-19(16)27/h1-6,13,15,27H,7-12H2,(H,23,28)(H,24,29). The molecular formula is C21H23ClN4O3. The molecule has 7 nitrogen and oxygen atoms in total. The SMILES string of the molecule is O=C(NCCN1CCC(n2c(=O)[nH]c3cc(Cl)ccc32)CC1)c1ccccc1O. The first-order valence-electron chi connectivity index (χ1n) is 9.71. The van der Waals surface area contributed by atoms with Crippen molar-refractivity contribution < 1.29 is 9.90 Å². The molecule has 0 bridgehead atoms. The van der Waals surface area contributed by atoms with Crippen molar-refractivity contribution in [3.63, 3.8) is 0 Å². The summed E-state index contributed by atoms with van der Waals surface area (Å²) >= 11 is 6.02. The van der Waals surface area contributed by atoms with Gasteiger partial charge in [-0.15, -0.1) is 0 Å². The molecule has 1 aliphatic heterocycles. The van der Waals surface area contributed by atoms with Gasteiger partial charge in [-0.05, 0) is 43.2 Å². The van der Waals surface area contributed by atoms with Crippen molar-refractivity contribution in [3.05, 3.63) is 63.5 Å². The number of amides is 1. The van der Waals surface area contributed by atoms with Gasteiger partial charge in [-0.25, -0.2) is 4.79 Å². The Morgan fingerprint density at radius 3 is 2.72 bits per heavy atom. The number of phenolic OH excluding ortho intramolecular Hbond substituents is 1. The molecule has 0 atom stereocenters. The third-order valence-corrected chi connectivity index (χ3v) is 5.70. The number of aromatic amines is 1. The molecule has 0 unspecified atom stereocenters. The van der Waals surface area contributed by atoms with Gasteiger partial charge in [0, 0.05) is 37.2 Å². The summed E-state index contributed by atoms with van der Waals surface area (Å²) in [6.07, 6.45) is 1.73. The highest BCUT2D eigenvalue weighted by Gasteiger charge is 2.23. The summed E-state index contributed by atoms with van der Waals surface area (Å²) in [5.74, 6) is -0.293. The summed E-state index contributed by atoms with van der Waals surface area (Å²) in [6.45, 7) is 2.93. The van der Waals surface area contributed by atoms with E-state index in [-0.39, 0.29) is 29.0 Å². The summed E-state index contributed by atoms with van der Waals surface area (Å²) < 4.78 is 1.84. The Hall–Kier alpha value is -2.77. The number of phenols is 1. The maximum absolute atomic E-state index is 12.4. The quantitative estimate of drug-likeness (QED) is 0.598. The van der Waals surface area contributed by atoms with Gasteiger partial charge in [0.2, 0.25) is 0 Å². The molecule has 2 heterocycles. The molecule has 8 heteroatoms. The van der Waals surface area contributed by atoms with Gasteiger partial charge in [-0.3, -0.25) is 9.36 Å². The number of carbonyl (C=O) groups excluding carboxylic acids is 1. The number of nitrogens with zero attached hydrogens (tertiary/aromatic N) is 2. The van der Waals surface area contributed by atoms with Gasteiger partial charge in [0.05, 0.1) is 16.6 Å². The van der Waals surface area contributed by atoms with Crippen molar-refractivity contribution in [2.24, 2.45) is 0 Å². The number of imidazole rings is 1.